The summed E-state index contributed by atoms with van der Waals surface area (Å²) in [6.45, 7) is 0. The third-order valence-electron chi connectivity index (χ3n) is 2.55. The molecule has 0 fully saturated rings. The first-order valence-corrected chi connectivity index (χ1v) is 5.78. The number of halogens is 1. The van der Waals surface area contributed by atoms with Gasteiger partial charge in [-0.3, -0.25) is 9.97 Å². The average Bonchev–Trinajstić information content (AvgIpc) is 2.83. The zero-order valence-corrected chi connectivity index (χ0v) is 10.1. The van der Waals surface area contributed by atoms with Crippen molar-refractivity contribution in [2.24, 2.45) is 0 Å². The van der Waals surface area contributed by atoms with Gasteiger partial charge in [0, 0.05) is 24.2 Å². The maximum atomic E-state index is 6.20. The molecule has 0 unspecified atom stereocenters. The van der Waals surface area contributed by atoms with E-state index in [2.05, 4.69) is 15.1 Å². The molecule has 0 saturated carbocycles. The Hall–Kier alpha value is -2.20. The first-order chi connectivity index (χ1) is 8.86. The van der Waals surface area contributed by atoms with Crippen LogP contribution in [0.4, 0.5) is 0 Å². The van der Waals surface area contributed by atoms with E-state index in [0.29, 0.717) is 5.02 Å². The number of pyridine rings is 2. The van der Waals surface area contributed by atoms with E-state index in [1.54, 1.807) is 35.7 Å². The molecule has 0 spiro atoms. The molecule has 0 atom stereocenters. The van der Waals surface area contributed by atoms with Crippen LogP contribution in [-0.2, 0) is 0 Å². The second-order valence-electron chi connectivity index (χ2n) is 3.71. The second kappa shape index (κ2) is 4.58. The second-order valence-corrected chi connectivity index (χ2v) is 4.11. The van der Waals surface area contributed by atoms with Crippen molar-refractivity contribution in [3.63, 3.8) is 0 Å². The molecule has 0 radical (unpaired) electrons. The van der Waals surface area contributed by atoms with Crippen LogP contribution in [0.1, 0.15) is 0 Å². The number of hydrogen-bond donors (Lipinski definition) is 0. The van der Waals surface area contributed by atoms with Crippen molar-refractivity contribution < 1.29 is 0 Å². The third-order valence-corrected chi connectivity index (χ3v) is 2.83. The lowest BCUT2D eigenvalue weighted by atomic mass is 10.2. The Bertz CT molecular complexity index is 649. The lowest BCUT2D eigenvalue weighted by molar-refractivity contribution is 0.880. The zero-order chi connectivity index (χ0) is 12.4. The van der Waals surface area contributed by atoms with E-state index >= 15 is 0 Å². The molecular weight excluding hydrogens is 248 g/mol. The zero-order valence-electron chi connectivity index (χ0n) is 9.36. The first-order valence-electron chi connectivity index (χ1n) is 5.40. The van der Waals surface area contributed by atoms with Crippen molar-refractivity contribution in [3.8, 4) is 16.9 Å². The van der Waals surface area contributed by atoms with Crippen molar-refractivity contribution in [1.82, 2.24) is 19.7 Å². The van der Waals surface area contributed by atoms with E-state index in [4.69, 9.17) is 11.6 Å². The molecule has 0 aliphatic carbocycles. The Balaban J connectivity index is 2.19. The number of aromatic nitrogens is 4. The molecule has 0 N–H and O–H groups in total. The van der Waals surface area contributed by atoms with Gasteiger partial charge in [0.25, 0.3) is 0 Å². The summed E-state index contributed by atoms with van der Waals surface area (Å²) < 4.78 is 1.76. The van der Waals surface area contributed by atoms with Gasteiger partial charge in [0.15, 0.2) is 0 Å². The van der Waals surface area contributed by atoms with Crippen molar-refractivity contribution >= 4 is 11.6 Å². The Labute approximate surface area is 109 Å². The fraction of sp³-hybridized carbons (Fsp3) is 0. The maximum absolute atomic E-state index is 6.20. The molecule has 0 saturated heterocycles. The Morgan fingerprint density at radius 2 is 1.72 bits per heavy atom. The fourth-order valence-electron chi connectivity index (χ4n) is 1.77. The number of rotatable bonds is 2. The third kappa shape index (κ3) is 1.87. The fourth-order valence-corrected chi connectivity index (χ4v) is 2.00. The summed E-state index contributed by atoms with van der Waals surface area (Å²) in [5.74, 6) is 0. The lowest BCUT2D eigenvalue weighted by Gasteiger charge is -2.07. The van der Waals surface area contributed by atoms with E-state index in [1.165, 1.54) is 0 Å². The van der Waals surface area contributed by atoms with Crippen LogP contribution in [0.2, 0.25) is 5.02 Å². The predicted molar refractivity (Wildman–Crippen MR) is 69.6 cm³/mol. The molecule has 0 bridgehead atoms. The van der Waals surface area contributed by atoms with Crippen LogP contribution in [-0.4, -0.2) is 19.7 Å². The van der Waals surface area contributed by atoms with Crippen LogP contribution in [0.5, 0.6) is 0 Å². The van der Waals surface area contributed by atoms with E-state index in [-0.39, 0.29) is 0 Å². The minimum Gasteiger partial charge on any atom is -0.264 e. The quantitative estimate of drug-likeness (QED) is 0.708. The molecule has 18 heavy (non-hydrogen) atoms. The normalized spacial score (nSPS) is 10.5. The minimum absolute atomic E-state index is 0.590. The van der Waals surface area contributed by atoms with Gasteiger partial charge in [-0.1, -0.05) is 11.6 Å². The Morgan fingerprint density at radius 3 is 2.39 bits per heavy atom. The largest absolute Gasteiger partial charge is 0.264 e. The van der Waals surface area contributed by atoms with Gasteiger partial charge in [-0.2, -0.15) is 5.10 Å². The molecule has 3 rings (SSSR count). The van der Waals surface area contributed by atoms with Gasteiger partial charge in [0.1, 0.15) is 0 Å². The van der Waals surface area contributed by atoms with Crippen LogP contribution in [0, 0.1) is 0 Å². The van der Waals surface area contributed by atoms with E-state index in [9.17, 15) is 0 Å². The van der Waals surface area contributed by atoms with Crippen LogP contribution < -0.4 is 0 Å². The van der Waals surface area contributed by atoms with Gasteiger partial charge < -0.3 is 0 Å². The van der Waals surface area contributed by atoms with E-state index in [0.717, 1.165) is 16.9 Å². The molecule has 0 amide bonds. The van der Waals surface area contributed by atoms with Crippen molar-refractivity contribution in [2.75, 3.05) is 0 Å². The van der Waals surface area contributed by atoms with E-state index in [1.807, 2.05) is 24.3 Å². The molecule has 88 valence electrons. The van der Waals surface area contributed by atoms with Crippen molar-refractivity contribution in [3.05, 3.63) is 60.3 Å². The maximum Gasteiger partial charge on any atom is 0.0943 e. The van der Waals surface area contributed by atoms with Gasteiger partial charge in [-0.15, -0.1) is 0 Å². The number of nitrogens with zero attached hydrogens (tertiary/aromatic N) is 4. The number of hydrogen-bond acceptors (Lipinski definition) is 3. The first kappa shape index (κ1) is 10.9. The summed E-state index contributed by atoms with van der Waals surface area (Å²) in [6, 6.07) is 7.60. The summed E-state index contributed by atoms with van der Waals surface area (Å²) >= 11 is 6.20. The molecule has 0 aliphatic rings. The van der Waals surface area contributed by atoms with Crippen molar-refractivity contribution in [2.45, 2.75) is 0 Å². The monoisotopic (exact) mass is 256 g/mol. The Morgan fingerprint density at radius 1 is 0.944 bits per heavy atom. The molecule has 3 aromatic heterocycles. The van der Waals surface area contributed by atoms with Gasteiger partial charge in [0.05, 0.1) is 28.8 Å². The summed E-state index contributed by atoms with van der Waals surface area (Å²) in [5.41, 5.74) is 2.60. The van der Waals surface area contributed by atoms with Crippen molar-refractivity contribution in [1.29, 1.82) is 0 Å². The molecule has 5 heteroatoms. The summed E-state index contributed by atoms with van der Waals surface area (Å²) in [6.07, 6.45) is 8.57. The highest BCUT2D eigenvalue weighted by atomic mass is 35.5. The molecule has 3 heterocycles. The molecule has 0 aliphatic heterocycles. The Kier molecular flexibility index (Phi) is 2.78. The molecule has 4 nitrogen and oxygen atoms in total. The van der Waals surface area contributed by atoms with Crippen LogP contribution in [0.15, 0.2) is 55.2 Å². The van der Waals surface area contributed by atoms with Gasteiger partial charge in [0.2, 0.25) is 0 Å². The summed E-state index contributed by atoms with van der Waals surface area (Å²) in [4.78, 5) is 8.19. The SMILES string of the molecule is Clc1cnn(-c2cccnc2)c1-c1cccnc1. The topological polar surface area (TPSA) is 43.6 Å². The molecule has 3 aromatic rings. The van der Waals surface area contributed by atoms with Gasteiger partial charge in [-0.05, 0) is 24.3 Å². The molecule has 0 aromatic carbocycles. The molecular formula is C13H9ClN4. The van der Waals surface area contributed by atoms with Crippen LogP contribution >= 0.6 is 11.6 Å². The average molecular weight is 257 g/mol. The highest BCUT2D eigenvalue weighted by molar-refractivity contribution is 6.33. The summed E-state index contributed by atoms with van der Waals surface area (Å²) in [7, 11) is 0. The van der Waals surface area contributed by atoms with Gasteiger partial charge in [-0.25, -0.2) is 4.68 Å². The standard InChI is InChI=1S/C13H9ClN4/c14-12-9-17-18(11-4-2-6-16-8-11)13(12)10-3-1-5-15-7-10/h1-9H. The lowest BCUT2D eigenvalue weighted by Crippen LogP contribution is -1.99. The van der Waals surface area contributed by atoms with E-state index < -0.39 is 0 Å². The smallest absolute Gasteiger partial charge is 0.0943 e. The van der Waals surface area contributed by atoms with Gasteiger partial charge >= 0.3 is 0 Å². The highest BCUT2D eigenvalue weighted by Gasteiger charge is 2.12. The minimum atomic E-state index is 0.590. The van der Waals surface area contributed by atoms with Crippen LogP contribution in [0.3, 0.4) is 0 Å². The highest BCUT2D eigenvalue weighted by Crippen LogP contribution is 2.28. The summed E-state index contributed by atoms with van der Waals surface area (Å²) in [5, 5.41) is 4.87. The van der Waals surface area contributed by atoms with Crippen LogP contribution in [0.25, 0.3) is 16.9 Å². The predicted octanol–water partition coefficient (Wildman–Crippen LogP) is 2.98.